The maximum atomic E-state index is 13.6. The van der Waals surface area contributed by atoms with Gasteiger partial charge in [-0.05, 0) is 97.6 Å². The number of unbranched alkanes of at least 4 members (excludes halogenated alkanes) is 1. The fraction of sp³-hybridized carbons (Fsp3) is 0.818. The molecule has 2 heterocycles. The van der Waals surface area contributed by atoms with Crippen molar-refractivity contribution in [3.8, 4) is 23.5 Å². The standard InChI is InChI=1S/C55H99N3O8/c1-25-27-30-57-42(60)36(38(43(57)61)55(21,22)53(17,18)34-51(13,14)39(45(63)64)40(48(6,7)8)46(65)66-26-2)50(11,12)33-52(15,16)54(19,20)37-35(49(9,10)32-47(3,4)5)41(59)58(44(37)62)31-28-29-56(23)24/h39-40,59-62H,25-34H2,1-24H3,(H,63,64). The zero-order valence-electron chi connectivity index (χ0n) is 46.5. The van der Waals surface area contributed by atoms with Crippen molar-refractivity contribution in [2.24, 2.45) is 38.9 Å². The molecule has 2 atom stereocenters. The molecule has 5 N–H and O–H groups in total. The molecular weight excluding hydrogens is 831 g/mol. The van der Waals surface area contributed by atoms with E-state index in [0.29, 0.717) is 37.1 Å². The van der Waals surface area contributed by atoms with Gasteiger partial charge in [-0.2, -0.15) is 0 Å². The molecule has 0 aromatic carbocycles. The molecule has 0 amide bonds. The quantitative estimate of drug-likeness (QED) is 0.0684. The van der Waals surface area contributed by atoms with E-state index in [-0.39, 0.29) is 35.5 Å². The Balaban J connectivity index is 2.99. The first kappa shape index (κ1) is 58.8. The van der Waals surface area contributed by atoms with Crippen molar-refractivity contribution in [2.75, 3.05) is 27.2 Å². The minimum absolute atomic E-state index is 0.00516. The van der Waals surface area contributed by atoms with Gasteiger partial charge in [-0.25, -0.2) is 0 Å². The maximum Gasteiger partial charge on any atom is 0.310 e. The minimum atomic E-state index is -1.08. The fourth-order valence-electron chi connectivity index (χ4n) is 12.1. The minimum Gasteiger partial charge on any atom is -0.494 e. The van der Waals surface area contributed by atoms with Crippen LogP contribution in [0.3, 0.4) is 0 Å². The van der Waals surface area contributed by atoms with Crippen LogP contribution in [0.1, 0.15) is 213 Å². The Labute approximate surface area is 402 Å². The highest BCUT2D eigenvalue weighted by atomic mass is 16.5. The van der Waals surface area contributed by atoms with E-state index in [4.69, 9.17) is 4.74 Å². The normalized spacial score (nSPS) is 15.1. The van der Waals surface area contributed by atoms with E-state index in [1.54, 1.807) is 16.1 Å². The van der Waals surface area contributed by atoms with E-state index in [1.165, 1.54) is 0 Å². The van der Waals surface area contributed by atoms with Crippen molar-refractivity contribution in [1.82, 2.24) is 14.0 Å². The molecule has 0 bridgehead atoms. The summed E-state index contributed by atoms with van der Waals surface area (Å²) in [6, 6.07) is 0. The second-order valence-corrected chi connectivity index (χ2v) is 26.9. The number of carbonyl (C=O) groups excluding carboxylic acids is 1. The van der Waals surface area contributed by atoms with Crippen LogP contribution in [0.5, 0.6) is 23.5 Å². The largest absolute Gasteiger partial charge is 0.494 e. The zero-order chi connectivity index (χ0) is 51.9. The molecule has 66 heavy (non-hydrogen) atoms. The third-order valence-corrected chi connectivity index (χ3v) is 15.8. The molecular formula is C55H99N3O8. The Bertz CT molecular complexity index is 1990. The number of rotatable bonds is 23. The van der Waals surface area contributed by atoms with Gasteiger partial charge in [0.05, 0.1) is 18.4 Å². The third-order valence-electron chi connectivity index (χ3n) is 15.8. The van der Waals surface area contributed by atoms with Gasteiger partial charge in [-0.3, -0.25) is 18.7 Å². The molecule has 0 aliphatic heterocycles. The van der Waals surface area contributed by atoms with Crippen LogP contribution in [0, 0.1) is 38.9 Å². The summed E-state index contributed by atoms with van der Waals surface area (Å²) < 4.78 is 8.84. The van der Waals surface area contributed by atoms with Gasteiger partial charge in [0.25, 0.3) is 0 Å². The van der Waals surface area contributed by atoms with E-state index in [0.717, 1.165) is 43.4 Å². The fourth-order valence-corrected chi connectivity index (χ4v) is 12.1. The lowest BCUT2D eigenvalue weighted by Crippen LogP contribution is -2.50. The van der Waals surface area contributed by atoms with Crippen molar-refractivity contribution >= 4 is 11.9 Å². The van der Waals surface area contributed by atoms with Crippen LogP contribution in [0.25, 0.3) is 0 Å². The van der Waals surface area contributed by atoms with Gasteiger partial charge in [0, 0.05) is 46.2 Å². The molecule has 0 saturated heterocycles. The average molecular weight is 930 g/mol. The summed E-state index contributed by atoms with van der Waals surface area (Å²) >= 11 is 0. The van der Waals surface area contributed by atoms with Crippen molar-refractivity contribution in [3.63, 3.8) is 0 Å². The molecule has 0 aliphatic rings. The van der Waals surface area contributed by atoms with Gasteiger partial charge in [0.2, 0.25) is 0 Å². The first-order chi connectivity index (χ1) is 29.4. The number of aromatic nitrogens is 2. The van der Waals surface area contributed by atoms with Crippen molar-refractivity contribution in [1.29, 1.82) is 0 Å². The molecule has 0 spiro atoms. The Kier molecular flexibility index (Phi) is 17.8. The lowest BCUT2D eigenvalue weighted by atomic mass is 9.52. The number of carboxylic acid groups (broad SMARTS) is 1. The van der Waals surface area contributed by atoms with Crippen LogP contribution in [0.2, 0.25) is 0 Å². The Morgan fingerprint density at radius 1 is 0.561 bits per heavy atom. The summed E-state index contributed by atoms with van der Waals surface area (Å²) in [5.41, 5.74) is -3.20. The van der Waals surface area contributed by atoms with E-state index in [1.807, 2.05) is 48.7 Å². The topological polar surface area (TPSA) is 158 Å². The molecule has 11 nitrogen and oxygen atoms in total. The van der Waals surface area contributed by atoms with E-state index < -0.39 is 67.1 Å². The Morgan fingerprint density at radius 3 is 1.29 bits per heavy atom. The van der Waals surface area contributed by atoms with E-state index in [2.05, 4.69) is 116 Å². The smallest absolute Gasteiger partial charge is 0.310 e. The van der Waals surface area contributed by atoms with Gasteiger partial charge < -0.3 is 35.2 Å². The highest BCUT2D eigenvalue weighted by Crippen LogP contribution is 2.61. The molecule has 0 radical (unpaired) electrons. The number of aromatic hydroxyl groups is 4. The summed E-state index contributed by atoms with van der Waals surface area (Å²) in [6.07, 6.45) is 3.94. The van der Waals surface area contributed by atoms with E-state index >= 15 is 0 Å². The number of nitrogens with zero attached hydrogens (tertiary/aromatic N) is 3. The summed E-state index contributed by atoms with van der Waals surface area (Å²) in [5.74, 6) is -3.41. The van der Waals surface area contributed by atoms with Crippen LogP contribution in [0.15, 0.2) is 0 Å². The van der Waals surface area contributed by atoms with Gasteiger partial charge in [0.15, 0.2) is 23.5 Å². The van der Waals surface area contributed by atoms with E-state index in [9.17, 15) is 35.1 Å². The van der Waals surface area contributed by atoms with Gasteiger partial charge in [-0.1, -0.05) is 152 Å². The number of esters is 1. The number of carbonyl (C=O) groups is 2. The predicted octanol–water partition coefficient (Wildman–Crippen LogP) is 12.9. The summed E-state index contributed by atoms with van der Waals surface area (Å²) in [4.78, 5) is 29.1. The van der Waals surface area contributed by atoms with Crippen LogP contribution >= 0.6 is 0 Å². The molecule has 2 aromatic rings. The monoisotopic (exact) mass is 930 g/mol. The van der Waals surface area contributed by atoms with Crippen LogP contribution < -0.4 is 0 Å². The highest BCUT2D eigenvalue weighted by molar-refractivity contribution is 5.82. The van der Waals surface area contributed by atoms with Gasteiger partial charge in [-0.15, -0.1) is 0 Å². The predicted molar refractivity (Wildman–Crippen MR) is 271 cm³/mol. The lowest BCUT2D eigenvalue weighted by Gasteiger charge is -2.51. The number of aliphatic carboxylic acids is 1. The number of hydrogen-bond acceptors (Lipinski definition) is 8. The van der Waals surface area contributed by atoms with Crippen LogP contribution in [-0.2, 0) is 49.1 Å². The summed E-state index contributed by atoms with van der Waals surface area (Å²) in [6.45, 7) is 47.2. The SMILES string of the molecule is CCCCn1c(O)c(C(C)(C)CC(C)(C)C(C)(C)c2c(C(C)(C)CC(C)(C)C)c(O)n(CCCN(C)C)c2O)c(C(C)(C)C(C)(C)CC(C)(C)C(C(=O)O)C(C(=O)OCC)C(C)(C)C)c1O. The number of carboxylic acids is 1. The van der Waals surface area contributed by atoms with Gasteiger partial charge in [0.1, 0.15) is 0 Å². The first-order valence-electron chi connectivity index (χ1n) is 24.8. The summed E-state index contributed by atoms with van der Waals surface area (Å²) in [5, 5.41) is 60.6. The van der Waals surface area contributed by atoms with Crippen molar-refractivity contribution in [2.45, 2.75) is 226 Å². The second kappa shape index (κ2) is 19.9. The Morgan fingerprint density at radius 2 is 0.939 bits per heavy atom. The number of ether oxygens (including phenoxy) is 1. The maximum absolute atomic E-state index is 13.6. The molecule has 2 aromatic heterocycles. The molecule has 382 valence electrons. The van der Waals surface area contributed by atoms with Gasteiger partial charge >= 0.3 is 11.9 Å². The Hall–Kier alpha value is -3.34. The number of hydrogen-bond donors (Lipinski definition) is 5. The third kappa shape index (κ3) is 12.1. The zero-order valence-corrected chi connectivity index (χ0v) is 46.5. The molecule has 2 unspecified atom stereocenters. The van der Waals surface area contributed by atoms with Crippen molar-refractivity contribution < 1.29 is 39.9 Å². The molecule has 0 aliphatic carbocycles. The molecule has 0 saturated carbocycles. The second-order valence-electron chi connectivity index (χ2n) is 26.9. The molecule has 2 rings (SSSR count). The molecule has 11 heteroatoms. The van der Waals surface area contributed by atoms with Crippen LogP contribution in [-0.4, -0.2) is 78.8 Å². The molecule has 0 fully saturated rings. The van der Waals surface area contributed by atoms with Crippen LogP contribution in [0.4, 0.5) is 0 Å². The summed E-state index contributed by atoms with van der Waals surface area (Å²) in [7, 11) is 4.03. The average Bonchev–Trinajstić information content (AvgIpc) is 3.51. The highest BCUT2D eigenvalue weighted by Gasteiger charge is 2.56. The van der Waals surface area contributed by atoms with Crippen molar-refractivity contribution in [3.05, 3.63) is 22.3 Å². The lowest BCUT2D eigenvalue weighted by molar-refractivity contribution is -0.169. The first-order valence-corrected chi connectivity index (χ1v) is 24.8.